The van der Waals surface area contributed by atoms with Crippen molar-refractivity contribution >= 4 is 29.5 Å². The number of amides is 2. The lowest BCUT2D eigenvalue weighted by Crippen LogP contribution is -2.51. The van der Waals surface area contributed by atoms with Crippen molar-refractivity contribution in [2.24, 2.45) is 0 Å². The molecule has 0 saturated carbocycles. The standard InChI is InChI=1S/C11H18N2O4S/c1-4-9(14)13-6-18-5-8(13)10(15)12(3)7(2)11(16)17/h7-8H,4-6H2,1-3H3,(H,16,17). The van der Waals surface area contributed by atoms with E-state index >= 15 is 0 Å². The van der Waals surface area contributed by atoms with Crippen molar-refractivity contribution in [3.8, 4) is 0 Å². The third kappa shape index (κ3) is 2.95. The Morgan fingerprint density at radius 1 is 1.50 bits per heavy atom. The molecule has 0 aromatic carbocycles. The topological polar surface area (TPSA) is 77.9 Å². The first-order valence-electron chi connectivity index (χ1n) is 5.76. The molecule has 1 rings (SSSR count). The van der Waals surface area contributed by atoms with E-state index in [1.54, 1.807) is 6.92 Å². The molecule has 0 aromatic heterocycles. The number of rotatable bonds is 4. The van der Waals surface area contributed by atoms with Crippen LogP contribution in [-0.2, 0) is 14.4 Å². The van der Waals surface area contributed by atoms with Crippen LogP contribution in [0.2, 0.25) is 0 Å². The van der Waals surface area contributed by atoms with Gasteiger partial charge in [0.2, 0.25) is 11.8 Å². The fraction of sp³-hybridized carbons (Fsp3) is 0.727. The van der Waals surface area contributed by atoms with Crippen LogP contribution in [0.5, 0.6) is 0 Å². The molecule has 1 heterocycles. The van der Waals surface area contributed by atoms with E-state index < -0.39 is 18.1 Å². The van der Waals surface area contributed by atoms with Crippen molar-refractivity contribution < 1.29 is 19.5 Å². The van der Waals surface area contributed by atoms with E-state index in [0.29, 0.717) is 18.1 Å². The number of carboxylic acids is 1. The summed E-state index contributed by atoms with van der Waals surface area (Å²) in [6.45, 7) is 3.20. The maximum atomic E-state index is 12.2. The minimum atomic E-state index is -1.05. The van der Waals surface area contributed by atoms with Gasteiger partial charge in [0.15, 0.2) is 0 Å². The summed E-state index contributed by atoms with van der Waals surface area (Å²) in [5, 5.41) is 8.89. The second-order valence-corrected chi connectivity index (χ2v) is 5.20. The first-order chi connectivity index (χ1) is 8.40. The third-order valence-electron chi connectivity index (χ3n) is 3.08. The summed E-state index contributed by atoms with van der Waals surface area (Å²) in [5.74, 6) is -0.407. The number of carboxylic acid groups (broad SMARTS) is 1. The highest BCUT2D eigenvalue weighted by molar-refractivity contribution is 7.99. The number of carbonyl (C=O) groups is 3. The zero-order chi connectivity index (χ0) is 13.9. The molecule has 0 spiro atoms. The summed E-state index contributed by atoms with van der Waals surface area (Å²) in [6.07, 6.45) is 0.350. The first-order valence-corrected chi connectivity index (χ1v) is 6.92. The van der Waals surface area contributed by atoms with Gasteiger partial charge < -0.3 is 14.9 Å². The average molecular weight is 274 g/mol. The molecule has 6 nitrogen and oxygen atoms in total. The van der Waals surface area contributed by atoms with E-state index in [0.717, 1.165) is 0 Å². The van der Waals surface area contributed by atoms with Gasteiger partial charge in [0.25, 0.3) is 0 Å². The lowest BCUT2D eigenvalue weighted by molar-refractivity contribution is -0.151. The molecule has 2 atom stereocenters. The van der Waals surface area contributed by atoms with Crippen molar-refractivity contribution in [1.82, 2.24) is 9.80 Å². The molecule has 1 fully saturated rings. The highest BCUT2D eigenvalue weighted by Crippen LogP contribution is 2.23. The minimum absolute atomic E-state index is 0.0743. The molecule has 0 aliphatic carbocycles. The van der Waals surface area contributed by atoms with Crippen LogP contribution < -0.4 is 0 Å². The van der Waals surface area contributed by atoms with Gasteiger partial charge in [-0.25, -0.2) is 4.79 Å². The summed E-state index contributed by atoms with van der Waals surface area (Å²) in [4.78, 5) is 37.4. The van der Waals surface area contributed by atoms with Crippen LogP contribution in [0, 0.1) is 0 Å². The van der Waals surface area contributed by atoms with E-state index in [9.17, 15) is 14.4 Å². The highest BCUT2D eigenvalue weighted by atomic mass is 32.2. The Morgan fingerprint density at radius 2 is 2.11 bits per heavy atom. The fourth-order valence-electron chi connectivity index (χ4n) is 1.69. The molecule has 2 unspecified atom stereocenters. The summed E-state index contributed by atoms with van der Waals surface area (Å²) < 4.78 is 0. The summed E-state index contributed by atoms with van der Waals surface area (Å²) in [5.41, 5.74) is 0. The minimum Gasteiger partial charge on any atom is -0.480 e. The summed E-state index contributed by atoms with van der Waals surface area (Å²) in [7, 11) is 1.46. The van der Waals surface area contributed by atoms with E-state index in [-0.39, 0.29) is 11.8 Å². The van der Waals surface area contributed by atoms with Gasteiger partial charge in [0, 0.05) is 19.2 Å². The second kappa shape index (κ2) is 6.08. The van der Waals surface area contributed by atoms with Gasteiger partial charge in [-0.15, -0.1) is 11.8 Å². The molecule has 1 N–H and O–H groups in total. The van der Waals surface area contributed by atoms with E-state index in [1.807, 2.05) is 0 Å². The molecule has 2 amide bonds. The summed E-state index contributed by atoms with van der Waals surface area (Å²) >= 11 is 1.51. The van der Waals surface area contributed by atoms with Crippen LogP contribution in [0.1, 0.15) is 20.3 Å². The Morgan fingerprint density at radius 3 is 2.61 bits per heavy atom. The quantitative estimate of drug-likeness (QED) is 0.794. The first kappa shape index (κ1) is 14.8. The van der Waals surface area contributed by atoms with Gasteiger partial charge in [-0.2, -0.15) is 0 Å². The molecule has 1 aliphatic heterocycles. The van der Waals surface area contributed by atoms with Crippen molar-refractivity contribution in [1.29, 1.82) is 0 Å². The van der Waals surface area contributed by atoms with Crippen LogP contribution in [-0.4, -0.2) is 63.5 Å². The lowest BCUT2D eigenvalue weighted by atomic mass is 10.2. The van der Waals surface area contributed by atoms with Crippen molar-refractivity contribution in [2.75, 3.05) is 18.7 Å². The molecule has 1 saturated heterocycles. The van der Waals surface area contributed by atoms with Crippen LogP contribution in [0.4, 0.5) is 0 Å². The molecular weight excluding hydrogens is 256 g/mol. The Bertz CT molecular complexity index is 361. The maximum Gasteiger partial charge on any atom is 0.326 e. The van der Waals surface area contributed by atoms with E-state index in [1.165, 1.54) is 35.5 Å². The van der Waals surface area contributed by atoms with Gasteiger partial charge in [-0.05, 0) is 6.92 Å². The van der Waals surface area contributed by atoms with Gasteiger partial charge in [-0.3, -0.25) is 9.59 Å². The van der Waals surface area contributed by atoms with Gasteiger partial charge in [0.1, 0.15) is 12.1 Å². The van der Waals surface area contributed by atoms with Gasteiger partial charge in [0.05, 0.1) is 5.88 Å². The molecule has 102 valence electrons. The molecule has 1 aliphatic rings. The molecule has 7 heteroatoms. The largest absolute Gasteiger partial charge is 0.480 e. The number of carbonyl (C=O) groups excluding carboxylic acids is 2. The van der Waals surface area contributed by atoms with E-state index in [2.05, 4.69) is 0 Å². The van der Waals surface area contributed by atoms with E-state index in [4.69, 9.17) is 5.11 Å². The zero-order valence-electron chi connectivity index (χ0n) is 10.8. The predicted molar refractivity (Wildman–Crippen MR) is 68.1 cm³/mol. The molecular formula is C11H18N2O4S. The van der Waals surface area contributed by atoms with Gasteiger partial charge in [-0.1, -0.05) is 6.92 Å². The van der Waals surface area contributed by atoms with Crippen LogP contribution >= 0.6 is 11.8 Å². The Kier molecular flexibility index (Phi) is 5.01. The van der Waals surface area contributed by atoms with Crippen LogP contribution in [0.25, 0.3) is 0 Å². The van der Waals surface area contributed by atoms with Crippen molar-refractivity contribution in [3.05, 3.63) is 0 Å². The number of hydrogen-bond donors (Lipinski definition) is 1. The predicted octanol–water partition coefficient (Wildman–Crippen LogP) is 0.229. The number of aliphatic carboxylic acids is 1. The monoisotopic (exact) mass is 274 g/mol. The smallest absolute Gasteiger partial charge is 0.326 e. The summed E-state index contributed by atoms with van der Waals surface area (Å²) in [6, 6.07) is -1.42. The second-order valence-electron chi connectivity index (χ2n) is 4.20. The Hall–Kier alpha value is -1.24. The zero-order valence-corrected chi connectivity index (χ0v) is 11.6. The number of likely N-dealkylation sites (N-methyl/N-ethyl adjacent to an activating group) is 1. The molecule has 0 bridgehead atoms. The van der Waals surface area contributed by atoms with Crippen molar-refractivity contribution in [3.63, 3.8) is 0 Å². The highest BCUT2D eigenvalue weighted by Gasteiger charge is 2.37. The van der Waals surface area contributed by atoms with Crippen molar-refractivity contribution in [2.45, 2.75) is 32.4 Å². The molecule has 18 heavy (non-hydrogen) atoms. The SMILES string of the molecule is CCC(=O)N1CSCC1C(=O)N(C)C(C)C(=O)O. The lowest BCUT2D eigenvalue weighted by Gasteiger charge is -2.29. The van der Waals surface area contributed by atoms with Crippen LogP contribution in [0.3, 0.4) is 0 Å². The number of nitrogens with zero attached hydrogens (tertiary/aromatic N) is 2. The normalized spacial score (nSPS) is 20.6. The number of thioether (sulfide) groups is 1. The number of hydrogen-bond acceptors (Lipinski definition) is 4. The average Bonchev–Trinajstić information content (AvgIpc) is 2.83. The fourth-order valence-corrected chi connectivity index (χ4v) is 2.86. The van der Waals surface area contributed by atoms with Gasteiger partial charge >= 0.3 is 5.97 Å². The Labute approximate surface area is 110 Å². The third-order valence-corrected chi connectivity index (χ3v) is 4.09. The molecule has 0 aromatic rings. The molecule has 0 radical (unpaired) electrons. The Balaban J connectivity index is 2.76. The van der Waals surface area contributed by atoms with Crippen LogP contribution in [0.15, 0.2) is 0 Å². The maximum absolute atomic E-state index is 12.2.